The summed E-state index contributed by atoms with van der Waals surface area (Å²) in [5, 5.41) is 15.9. The van der Waals surface area contributed by atoms with Gasteiger partial charge in [-0.25, -0.2) is 9.29 Å². The second-order valence-corrected chi connectivity index (χ2v) is 8.92. The Hall–Kier alpha value is -4.04. The average Bonchev–Trinajstić information content (AvgIpc) is 3.41. The number of nitrogens with one attached hydrogen (secondary N) is 2. The number of rotatable bonds is 3. The fourth-order valence-electron chi connectivity index (χ4n) is 5.66. The van der Waals surface area contributed by atoms with E-state index < -0.39 is 41.0 Å². The van der Waals surface area contributed by atoms with Crippen LogP contribution in [0.4, 0.5) is 15.8 Å². The van der Waals surface area contributed by atoms with Crippen molar-refractivity contribution in [1.29, 1.82) is 0 Å². The van der Waals surface area contributed by atoms with E-state index in [1.807, 2.05) is 0 Å². The zero-order valence-electron chi connectivity index (χ0n) is 17.9. The fraction of sp³-hybridized carbons (Fsp3) is 0.192. The summed E-state index contributed by atoms with van der Waals surface area (Å²) < 4.78 is 13.5. The summed E-state index contributed by atoms with van der Waals surface area (Å²) in [6.45, 7) is 0. The molecule has 0 aromatic heterocycles. The molecule has 3 aromatic rings. The number of anilines is 2. The van der Waals surface area contributed by atoms with Crippen LogP contribution in [0.1, 0.15) is 11.1 Å². The molecule has 2 fully saturated rings. The van der Waals surface area contributed by atoms with Crippen molar-refractivity contribution in [3.05, 3.63) is 89.7 Å². The monoisotopic (exact) mass is 457 g/mol. The minimum Gasteiger partial charge on any atom is -0.508 e. The van der Waals surface area contributed by atoms with Gasteiger partial charge in [0.05, 0.1) is 17.5 Å². The Morgan fingerprint density at radius 3 is 2.35 bits per heavy atom. The Labute approximate surface area is 194 Å². The van der Waals surface area contributed by atoms with E-state index in [1.165, 1.54) is 24.3 Å². The van der Waals surface area contributed by atoms with Gasteiger partial charge < -0.3 is 10.4 Å². The van der Waals surface area contributed by atoms with Gasteiger partial charge in [0.25, 0.3) is 0 Å². The standard InChI is InChI=1S/C26H20FN3O4/c27-15-7-9-16(10-8-15)30-23(32)21-20(13-14-5-11-17(31)12-6-14)29-26(22(21)24(30)33)18-3-1-2-4-19(18)28-25(26)34/h1-12,20-22,29,31H,13H2,(H,28,34)/t20-,21+,22+,26-/m0/s1. The lowest BCUT2D eigenvalue weighted by atomic mass is 9.76. The maximum atomic E-state index is 13.8. The molecule has 8 heteroatoms. The number of phenols is 1. The van der Waals surface area contributed by atoms with E-state index in [0.717, 1.165) is 10.5 Å². The number of aromatic hydroxyl groups is 1. The highest BCUT2D eigenvalue weighted by Crippen LogP contribution is 2.53. The molecule has 0 radical (unpaired) electrons. The maximum absolute atomic E-state index is 13.8. The molecule has 0 unspecified atom stereocenters. The third kappa shape index (κ3) is 2.75. The van der Waals surface area contributed by atoms with Crippen molar-refractivity contribution in [2.24, 2.45) is 11.8 Å². The smallest absolute Gasteiger partial charge is 0.250 e. The molecule has 7 nitrogen and oxygen atoms in total. The third-order valence-electron chi connectivity index (χ3n) is 7.10. The number of phenolic OH excluding ortho intramolecular Hbond substituents is 1. The van der Waals surface area contributed by atoms with Crippen LogP contribution < -0.4 is 15.5 Å². The molecule has 0 saturated carbocycles. The minimum absolute atomic E-state index is 0.121. The van der Waals surface area contributed by atoms with E-state index in [4.69, 9.17) is 0 Å². The summed E-state index contributed by atoms with van der Waals surface area (Å²) in [5.41, 5.74) is 0.953. The molecule has 1 spiro atoms. The van der Waals surface area contributed by atoms with E-state index >= 15 is 0 Å². The lowest BCUT2D eigenvalue weighted by Gasteiger charge is -2.29. The molecule has 3 aromatic carbocycles. The SMILES string of the molecule is O=C1[C@@H]2[C@H](Cc3ccc(O)cc3)N[C@]3(C(=O)Nc4ccccc43)[C@H]2C(=O)N1c1ccc(F)cc1. The highest BCUT2D eigenvalue weighted by molar-refractivity contribution is 6.25. The van der Waals surface area contributed by atoms with Crippen LogP contribution in [0.5, 0.6) is 5.75 Å². The molecule has 3 aliphatic heterocycles. The molecule has 170 valence electrons. The average molecular weight is 457 g/mol. The zero-order chi connectivity index (χ0) is 23.6. The van der Waals surface area contributed by atoms with Gasteiger partial charge in [-0.15, -0.1) is 0 Å². The summed E-state index contributed by atoms with van der Waals surface area (Å²) in [6.07, 6.45) is 0.370. The topological polar surface area (TPSA) is 98.7 Å². The highest BCUT2D eigenvalue weighted by atomic mass is 19.1. The van der Waals surface area contributed by atoms with Gasteiger partial charge in [-0.2, -0.15) is 0 Å². The first-order chi connectivity index (χ1) is 16.4. The van der Waals surface area contributed by atoms with Crippen LogP contribution in [0.15, 0.2) is 72.8 Å². The van der Waals surface area contributed by atoms with Crippen LogP contribution in [0.3, 0.4) is 0 Å². The second kappa shape index (κ2) is 7.23. The Morgan fingerprint density at radius 2 is 1.62 bits per heavy atom. The summed E-state index contributed by atoms with van der Waals surface area (Å²) in [6, 6.07) is 18.4. The minimum atomic E-state index is -1.40. The molecular weight excluding hydrogens is 437 g/mol. The van der Waals surface area contributed by atoms with E-state index in [1.54, 1.807) is 48.5 Å². The van der Waals surface area contributed by atoms with Crippen molar-refractivity contribution < 1.29 is 23.9 Å². The number of fused-ring (bicyclic) bond motifs is 4. The normalized spacial score (nSPS) is 27.3. The fourth-order valence-corrected chi connectivity index (χ4v) is 5.66. The van der Waals surface area contributed by atoms with Crippen molar-refractivity contribution in [3.63, 3.8) is 0 Å². The van der Waals surface area contributed by atoms with Gasteiger partial charge in [-0.3, -0.25) is 19.7 Å². The third-order valence-corrected chi connectivity index (χ3v) is 7.10. The van der Waals surface area contributed by atoms with Crippen molar-refractivity contribution >= 4 is 29.1 Å². The first kappa shape index (κ1) is 20.6. The first-order valence-electron chi connectivity index (χ1n) is 11.0. The van der Waals surface area contributed by atoms with Gasteiger partial charge in [0.1, 0.15) is 17.1 Å². The highest BCUT2D eigenvalue weighted by Gasteiger charge is 2.70. The lowest BCUT2D eigenvalue weighted by Crippen LogP contribution is -2.53. The van der Waals surface area contributed by atoms with Crippen molar-refractivity contribution in [3.8, 4) is 5.75 Å². The second-order valence-electron chi connectivity index (χ2n) is 8.92. The van der Waals surface area contributed by atoms with Crippen molar-refractivity contribution in [2.75, 3.05) is 10.2 Å². The number of hydrogen-bond acceptors (Lipinski definition) is 5. The number of nitrogens with zero attached hydrogens (tertiary/aromatic N) is 1. The number of benzene rings is 3. The van der Waals surface area contributed by atoms with Crippen LogP contribution in [-0.2, 0) is 26.3 Å². The Balaban J connectivity index is 1.48. The molecule has 4 atom stereocenters. The Kier molecular flexibility index (Phi) is 4.37. The number of imide groups is 1. The van der Waals surface area contributed by atoms with Gasteiger partial charge in [0.15, 0.2) is 0 Å². The predicted molar refractivity (Wildman–Crippen MR) is 121 cm³/mol. The molecule has 3 aliphatic rings. The number of amides is 3. The number of hydrogen-bond donors (Lipinski definition) is 3. The van der Waals surface area contributed by atoms with E-state index in [2.05, 4.69) is 10.6 Å². The van der Waals surface area contributed by atoms with Crippen LogP contribution in [-0.4, -0.2) is 28.9 Å². The Bertz CT molecular complexity index is 1340. The van der Waals surface area contributed by atoms with Crippen LogP contribution in [0, 0.1) is 17.7 Å². The molecule has 3 N–H and O–H groups in total. The molecule has 2 saturated heterocycles. The van der Waals surface area contributed by atoms with Gasteiger partial charge in [0, 0.05) is 17.3 Å². The zero-order valence-corrected chi connectivity index (χ0v) is 17.9. The first-order valence-corrected chi connectivity index (χ1v) is 11.0. The summed E-state index contributed by atoms with van der Waals surface area (Å²) in [5.74, 6) is -3.41. The van der Waals surface area contributed by atoms with E-state index in [-0.39, 0.29) is 17.3 Å². The summed E-state index contributed by atoms with van der Waals surface area (Å²) in [4.78, 5) is 42.0. The van der Waals surface area contributed by atoms with E-state index in [9.17, 15) is 23.9 Å². The van der Waals surface area contributed by atoms with Crippen LogP contribution in [0.2, 0.25) is 0 Å². The molecular formula is C26H20FN3O4. The molecule has 0 bridgehead atoms. The predicted octanol–water partition coefficient (Wildman–Crippen LogP) is 2.70. The van der Waals surface area contributed by atoms with Gasteiger partial charge in [0.2, 0.25) is 17.7 Å². The molecule has 3 heterocycles. The van der Waals surface area contributed by atoms with E-state index in [0.29, 0.717) is 17.7 Å². The summed E-state index contributed by atoms with van der Waals surface area (Å²) >= 11 is 0. The molecule has 6 rings (SSSR count). The van der Waals surface area contributed by atoms with Crippen LogP contribution >= 0.6 is 0 Å². The largest absolute Gasteiger partial charge is 0.508 e. The van der Waals surface area contributed by atoms with Gasteiger partial charge in [-0.1, -0.05) is 30.3 Å². The quantitative estimate of drug-likeness (QED) is 0.526. The van der Waals surface area contributed by atoms with Gasteiger partial charge >= 0.3 is 0 Å². The Morgan fingerprint density at radius 1 is 0.912 bits per heavy atom. The maximum Gasteiger partial charge on any atom is 0.250 e. The molecule has 3 amide bonds. The number of halogens is 1. The lowest BCUT2D eigenvalue weighted by molar-refractivity contribution is -0.130. The van der Waals surface area contributed by atoms with Gasteiger partial charge in [-0.05, 0) is 54.4 Å². The summed E-state index contributed by atoms with van der Waals surface area (Å²) in [7, 11) is 0. The molecule has 34 heavy (non-hydrogen) atoms. The van der Waals surface area contributed by atoms with Crippen molar-refractivity contribution in [1.82, 2.24) is 5.32 Å². The number of carbonyl (C=O) groups excluding carboxylic acids is 3. The number of para-hydroxylation sites is 1. The number of carbonyl (C=O) groups is 3. The molecule has 0 aliphatic carbocycles. The van der Waals surface area contributed by atoms with Crippen LogP contribution in [0.25, 0.3) is 0 Å². The van der Waals surface area contributed by atoms with Crippen molar-refractivity contribution in [2.45, 2.75) is 18.0 Å².